The first-order valence-electron chi connectivity index (χ1n) is 10.5. The van der Waals surface area contributed by atoms with Crippen LogP contribution < -0.4 is 0 Å². The van der Waals surface area contributed by atoms with E-state index in [2.05, 4.69) is 5.16 Å². The molecule has 0 saturated carbocycles. The number of likely N-dealkylation sites (tertiary alicyclic amines) is 2. The van der Waals surface area contributed by atoms with Crippen LogP contribution in [0.3, 0.4) is 0 Å². The van der Waals surface area contributed by atoms with Crippen molar-refractivity contribution in [2.45, 2.75) is 20.3 Å². The summed E-state index contributed by atoms with van der Waals surface area (Å²) in [5.74, 6) is 0.395. The van der Waals surface area contributed by atoms with Gasteiger partial charge in [-0.15, -0.1) is 0 Å². The van der Waals surface area contributed by atoms with Crippen LogP contribution in [-0.4, -0.2) is 77.9 Å². The van der Waals surface area contributed by atoms with E-state index in [4.69, 9.17) is 4.52 Å². The van der Waals surface area contributed by atoms with Gasteiger partial charge in [-0.2, -0.15) is 0 Å². The molecule has 2 aliphatic rings. The van der Waals surface area contributed by atoms with Crippen LogP contribution in [0.1, 0.15) is 27.4 Å². The highest BCUT2D eigenvalue weighted by Crippen LogP contribution is 2.44. The molecule has 0 radical (unpaired) electrons. The van der Waals surface area contributed by atoms with Gasteiger partial charge in [0, 0.05) is 57.3 Å². The van der Waals surface area contributed by atoms with E-state index >= 15 is 0 Å². The van der Waals surface area contributed by atoms with Crippen molar-refractivity contribution in [3.63, 3.8) is 0 Å². The van der Waals surface area contributed by atoms with Gasteiger partial charge in [-0.1, -0.05) is 23.4 Å². The zero-order valence-corrected chi connectivity index (χ0v) is 18.4. The maximum atomic E-state index is 13.3. The minimum atomic E-state index is -0.775. The van der Waals surface area contributed by atoms with Crippen molar-refractivity contribution < 1.29 is 18.9 Å². The lowest BCUT2D eigenvalue weighted by atomic mass is 9.80. The molecule has 0 N–H and O–H groups in total. The van der Waals surface area contributed by atoms with E-state index in [1.54, 1.807) is 47.9 Å². The van der Waals surface area contributed by atoms with Gasteiger partial charge in [0.05, 0.1) is 17.5 Å². The topological polar surface area (TPSA) is 87.0 Å². The van der Waals surface area contributed by atoms with E-state index in [9.17, 15) is 14.4 Å². The number of amides is 3. The lowest BCUT2D eigenvalue weighted by Crippen LogP contribution is -2.48. The standard InChI is InChI=1S/C23H28N4O4/c1-15-19(16(2)31-24-15)10-20(28)26-11-18-12-27(21(29)17-8-6-5-7-9-17)14-23(18,13-26)22(30)25(3)4/h5-9,18H,10-14H2,1-4H3/t18-,23-/m1/s1. The lowest BCUT2D eigenvalue weighted by molar-refractivity contribution is -0.140. The molecule has 31 heavy (non-hydrogen) atoms. The molecule has 0 spiro atoms. The Morgan fingerprint density at radius 3 is 2.35 bits per heavy atom. The van der Waals surface area contributed by atoms with Gasteiger partial charge in [-0.25, -0.2) is 0 Å². The van der Waals surface area contributed by atoms with Crippen molar-refractivity contribution in [3.05, 3.63) is 52.9 Å². The molecule has 4 rings (SSSR count). The fraction of sp³-hybridized carbons (Fsp3) is 0.478. The molecule has 0 bridgehead atoms. The molecule has 0 aliphatic carbocycles. The first-order chi connectivity index (χ1) is 14.7. The number of benzene rings is 1. The maximum Gasteiger partial charge on any atom is 0.253 e. The third-order valence-corrected chi connectivity index (χ3v) is 6.61. The first-order valence-corrected chi connectivity index (χ1v) is 10.5. The summed E-state index contributed by atoms with van der Waals surface area (Å²) in [6.07, 6.45) is 0.201. The average molecular weight is 425 g/mol. The Labute approximate surface area is 181 Å². The number of hydrogen-bond acceptors (Lipinski definition) is 5. The highest BCUT2D eigenvalue weighted by Gasteiger charge is 2.59. The molecule has 8 nitrogen and oxygen atoms in total. The van der Waals surface area contributed by atoms with E-state index in [1.807, 2.05) is 25.1 Å². The molecule has 2 aliphatic heterocycles. The Balaban J connectivity index is 1.55. The van der Waals surface area contributed by atoms with Gasteiger partial charge >= 0.3 is 0 Å². The van der Waals surface area contributed by atoms with Crippen LogP contribution in [0.25, 0.3) is 0 Å². The minimum absolute atomic E-state index is 0.0338. The number of aromatic nitrogens is 1. The molecule has 1 aromatic carbocycles. The minimum Gasteiger partial charge on any atom is -0.361 e. The molecule has 3 heterocycles. The summed E-state index contributed by atoms with van der Waals surface area (Å²) < 4.78 is 5.18. The average Bonchev–Trinajstić information content (AvgIpc) is 3.39. The zero-order valence-electron chi connectivity index (χ0n) is 18.4. The van der Waals surface area contributed by atoms with Crippen molar-refractivity contribution in [3.8, 4) is 0 Å². The molecular weight excluding hydrogens is 396 g/mol. The fourth-order valence-electron chi connectivity index (χ4n) is 4.94. The van der Waals surface area contributed by atoms with Crippen molar-refractivity contribution in [1.29, 1.82) is 0 Å². The molecule has 2 atom stereocenters. The zero-order chi connectivity index (χ0) is 22.3. The van der Waals surface area contributed by atoms with Crippen LogP contribution in [-0.2, 0) is 16.0 Å². The Morgan fingerprint density at radius 2 is 1.74 bits per heavy atom. The molecule has 2 saturated heterocycles. The molecule has 0 unspecified atom stereocenters. The molecule has 1 aromatic heterocycles. The van der Waals surface area contributed by atoms with E-state index in [0.717, 1.165) is 5.56 Å². The maximum absolute atomic E-state index is 13.3. The predicted octanol–water partition coefficient (Wildman–Crippen LogP) is 1.52. The van der Waals surface area contributed by atoms with Gasteiger partial charge in [0.2, 0.25) is 11.8 Å². The van der Waals surface area contributed by atoms with Crippen LogP contribution in [0.15, 0.2) is 34.9 Å². The predicted molar refractivity (Wildman–Crippen MR) is 113 cm³/mol. The quantitative estimate of drug-likeness (QED) is 0.743. The van der Waals surface area contributed by atoms with Gasteiger partial charge in [0.25, 0.3) is 5.91 Å². The van der Waals surface area contributed by atoms with Gasteiger partial charge in [0.15, 0.2) is 0 Å². The monoisotopic (exact) mass is 424 g/mol. The molecular formula is C23H28N4O4. The summed E-state index contributed by atoms with van der Waals surface area (Å²) in [5.41, 5.74) is 1.35. The first kappa shape index (κ1) is 21.1. The Kier molecular flexibility index (Phi) is 5.33. The van der Waals surface area contributed by atoms with E-state index in [0.29, 0.717) is 43.2 Å². The van der Waals surface area contributed by atoms with E-state index in [1.165, 1.54) is 0 Å². The Bertz CT molecular complexity index is 996. The number of aryl methyl sites for hydroxylation is 2. The van der Waals surface area contributed by atoms with Crippen LogP contribution in [0.5, 0.6) is 0 Å². The molecule has 164 valence electrons. The smallest absolute Gasteiger partial charge is 0.253 e. The fourth-order valence-corrected chi connectivity index (χ4v) is 4.94. The molecule has 2 fully saturated rings. The number of carbonyl (C=O) groups is 3. The van der Waals surface area contributed by atoms with Crippen molar-refractivity contribution in [2.75, 3.05) is 40.3 Å². The summed E-state index contributed by atoms with van der Waals surface area (Å²) in [4.78, 5) is 44.5. The lowest BCUT2D eigenvalue weighted by Gasteiger charge is -2.30. The second-order valence-corrected chi connectivity index (χ2v) is 8.86. The normalized spacial score (nSPS) is 22.5. The van der Waals surface area contributed by atoms with Crippen molar-refractivity contribution >= 4 is 17.7 Å². The molecule has 3 amide bonds. The molecule has 2 aromatic rings. The highest BCUT2D eigenvalue weighted by atomic mass is 16.5. The summed E-state index contributed by atoms with van der Waals surface area (Å²) in [6.45, 7) is 5.17. The summed E-state index contributed by atoms with van der Waals surface area (Å²) in [6, 6.07) is 9.11. The highest BCUT2D eigenvalue weighted by molar-refractivity contribution is 5.96. The number of rotatable bonds is 4. The van der Waals surface area contributed by atoms with Crippen LogP contribution in [0, 0.1) is 25.2 Å². The Morgan fingerprint density at radius 1 is 1.10 bits per heavy atom. The number of hydrogen-bond donors (Lipinski definition) is 0. The number of fused-ring (bicyclic) bond motifs is 1. The SMILES string of the molecule is Cc1noc(C)c1CC(=O)N1C[C@@H]2CN(C(=O)c3ccccc3)C[C@]2(C(=O)N(C)C)C1. The van der Waals surface area contributed by atoms with E-state index in [-0.39, 0.29) is 30.1 Å². The third kappa shape index (κ3) is 3.60. The summed E-state index contributed by atoms with van der Waals surface area (Å²) in [5, 5.41) is 3.93. The second-order valence-electron chi connectivity index (χ2n) is 8.86. The summed E-state index contributed by atoms with van der Waals surface area (Å²) >= 11 is 0. The number of nitrogens with zero attached hydrogens (tertiary/aromatic N) is 4. The third-order valence-electron chi connectivity index (χ3n) is 6.61. The van der Waals surface area contributed by atoms with Gasteiger partial charge in [0.1, 0.15) is 5.76 Å². The number of carbonyl (C=O) groups excluding carboxylic acids is 3. The van der Waals surface area contributed by atoms with Crippen molar-refractivity contribution in [2.24, 2.45) is 11.3 Å². The van der Waals surface area contributed by atoms with E-state index < -0.39 is 5.41 Å². The largest absolute Gasteiger partial charge is 0.361 e. The van der Waals surface area contributed by atoms with Crippen LogP contribution >= 0.6 is 0 Å². The second kappa shape index (κ2) is 7.83. The van der Waals surface area contributed by atoms with Gasteiger partial charge < -0.3 is 19.2 Å². The Hall–Kier alpha value is -3.16. The van der Waals surface area contributed by atoms with Gasteiger partial charge in [-0.05, 0) is 26.0 Å². The molecule has 8 heteroatoms. The summed E-state index contributed by atoms with van der Waals surface area (Å²) in [7, 11) is 3.45. The van der Waals surface area contributed by atoms with Crippen LogP contribution in [0.2, 0.25) is 0 Å². The van der Waals surface area contributed by atoms with Crippen LogP contribution in [0.4, 0.5) is 0 Å². The van der Waals surface area contributed by atoms with Gasteiger partial charge in [-0.3, -0.25) is 14.4 Å². The van der Waals surface area contributed by atoms with Crippen molar-refractivity contribution in [1.82, 2.24) is 19.9 Å².